The fraction of sp³-hybridized carbons (Fsp3) is 0.100. The van der Waals surface area contributed by atoms with Crippen LogP contribution in [0.3, 0.4) is 0 Å². The summed E-state index contributed by atoms with van der Waals surface area (Å²) in [5.74, 6) is 1.20. The summed E-state index contributed by atoms with van der Waals surface area (Å²) in [4.78, 5) is 19.5. The second kappa shape index (κ2) is 5.77. The topological polar surface area (TPSA) is 80.8 Å². The van der Waals surface area contributed by atoms with Gasteiger partial charge >= 0.3 is 0 Å². The minimum atomic E-state index is 0.271. The van der Waals surface area contributed by atoms with Crippen LogP contribution in [0.15, 0.2) is 61.2 Å². The summed E-state index contributed by atoms with van der Waals surface area (Å²) >= 11 is 0. The molecule has 0 bridgehead atoms. The Morgan fingerprint density at radius 2 is 1.73 bits per heavy atom. The Hall–Kier alpha value is -3.54. The number of rotatable bonds is 2. The van der Waals surface area contributed by atoms with E-state index in [2.05, 4.69) is 55.2 Å². The van der Waals surface area contributed by atoms with Gasteiger partial charge in [-0.05, 0) is 35.7 Å². The highest BCUT2D eigenvalue weighted by atomic mass is 15.2. The molecule has 0 amide bonds. The molecule has 0 saturated heterocycles. The van der Waals surface area contributed by atoms with E-state index in [0.29, 0.717) is 0 Å². The quantitative estimate of drug-likeness (QED) is 0.602. The molecular weight excluding hydrogens is 324 g/mol. The highest BCUT2D eigenvalue weighted by molar-refractivity contribution is 5.95. The Labute approximate surface area is 150 Å². The van der Waals surface area contributed by atoms with Crippen molar-refractivity contribution in [1.82, 2.24) is 19.9 Å². The number of nitrogen functional groups attached to an aromatic ring is 1. The number of nitrogens with zero attached hydrogens (tertiary/aromatic N) is 5. The summed E-state index contributed by atoms with van der Waals surface area (Å²) in [7, 11) is 0. The first kappa shape index (κ1) is 14.8. The Kier molecular flexibility index (Phi) is 3.28. The van der Waals surface area contributed by atoms with Crippen molar-refractivity contribution in [3.05, 3.63) is 66.7 Å². The number of aromatic nitrogens is 4. The zero-order valence-electron chi connectivity index (χ0n) is 14.0. The highest BCUT2D eigenvalue weighted by Gasteiger charge is 2.22. The third kappa shape index (κ3) is 2.35. The second-order valence-corrected chi connectivity index (χ2v) is 6.29. The molecule has 2 aromatic carbocycles. The summed E-state index contributed by atoms with van der Waals surface area (Å²) in [6.45, 7) is 0.917. The third-order valence-electron chi connectivity index (χ3n) is 4.76. The monoisotopic (exact) mass is 340 g/mol. The van der Waals surface area contributed by atoms with Gasteiger partial charge in [-0.1, -0.05) is 24.3 Å². The molecule has 0 atom stereocenters. The molecule has 0 aliphatic carbocycles. The molecule has 3 heterocycles. The van der Waals surface area contributed by atoms with Gasteiger partial charge in [0.15, 0.2) is 0 Å². The van der Waals surface area contributed by atoms with Gasteiger partial charge in [0.05, 0.1) is 5.52 Å². The lowest BCUT2D eigenvalue weighted by Crippen LogP contribution is -2.15. The normalized spacial score (nSPS) is 13.2. The first-order valence-electron chi connectivity index (χ1n) is 8.48. The standard InChI is InChI=1S/C20H16N6/c21-20-22-10-15(11-23-20)14-5-6-17-16(9-14)19(25-12-24-17)26-8-7-13-3-1-2-4-18(13)26/h1-6,9-12H,7-8H2,(H2,21,22,23). The third-order valence-corrected chi connectivity index (χ3v) is 4.76. The van der Waals surface area contributed by atoms with Gasteiger partial charge < -0.3 is 10.6 Å². The van der Waals surface area contributed by atoms with Gasteiger partial charge in [-0.25, -0.2) is 19.9 Å². The first-order chi connectivity index (χ1) is 12.8. The summed E-state index contributed by atoms with van der Waals surface area (Å²) in [6.07, 6.45) is 6.12. The molecule has 6 heteroatoms. The van der Waals surface area contributed by atoms with Crippen molar-refractivity contribution in [2.45, 2.75) is 6.42 Å². The van der Waals surface area contributed by atoms with E-state index in [1.807, 2.05) is 12.1 Å². The molecule has 1 aliphatic heterocycles. The largest absolute Gasteiger partial charge is 0.368 e. The fourth-order valence-corrected chi connectivity index (χ4v) is 3.48. The number of benzene rings is 2. The number of hydrogen-bond acceptors (Lipinski definition) is 6. The predicted octanol–water partition coefficient (Wildman–Crippen LogP) is 3.36. The van der Waals surface area contributed by atoms with E-state index in [1.165, 1.54) is 11.3 Å². The van der Waals surface area contributed by atoms with E-state index in [9.17, 15) is 0 Å². The number of nitrogens with two attached hydrogens (primary N) is 1. The number of anilines is 3. The van der Waals surface area contributed by atoms with Crippen molar-refractivity contribution in [3.63, 3.8) is 0 Å². The van der Waals surface area contributed by atoms with Gasteiger partial charge in [0.1, 0.15) is 12.1 Å². The summed E-state index contributed by atoms with van der Waals surface area (Å²) in [5.41, 5.74) is 11.0. The van der Waals surface area contributed by atoms with Crippen molar-refractivity contribution >= 4 is 28.4 Å². The van der Waals surface area contributed by atoms with E-state index in [1.54, 1.807) is 18.7 Å². The number of para-hydroxylation sites is 1. The molecule has 2 N–H and O–H groups in total. The molecule has 126 valence electrons. The average Bonchev–Trinajstić information content (AvgIpc) is 3.12. The van der Waals surface area contributed by atoms with Crippen LogP contribution in [-0.4, -0.2) is 26.5 Å². The van der Waals surface area contributed by atoms with Gasteiger partial charge in [0, 0.05) is 35.6 Å². The Morgan fingerprint density at radius 3 is 2.62 bits per heavy atom. The summed E-state index contributed by atoms with van der Waals surface area (Å²) in [5, 5.41) is 1.01. The van der Waals surface area contributed by atoms with Crippen LogP contribution in [0, 0.1) is 0 Å². The van der Waals surface area contributed by atoms with Crippen molar-refractivity contribution < 1.29 is 0 Å². The summed E-state index contributed by atoms with van der Waals surface area (Å²) < 4.78 is 0. The Bertz CT molecular complexity index is 1110. The molecule has 2 aromatic heterocycles. The molecule has 0 fully saturated rings. The Balaban J connectivity index is 1.67. The van der Waals surface area contributed by atoms with E-state index in [-0.39, 0.29) is 5.95 Å². The van der Waals surface area contributed by atoms with E-state index < -0.39 is 0 Å². The highest BCUT2D eigenvalue weighted by Crippen LogP contribution is 2.37. The lowest BCUT2D eigenvalue weighted by molar-refractivity contribution is 0.975. The second-order valence-electron chi connectivity index (χ2n) is 6.29. The fourth-order valence-electron chi connectivity index (χ4n) is 3.48. The first-order valence-corrected chi connectivity index (χ1v) is 8.48. The number of hydrogen-bond donors (Lipinski definition) is 1. The van der Waals surface area contributed by atoms with Crippen molar-refractivity contribution in [1.29, 1.82) is 0 Å². The molecular formula is C20H16N6. The van der Waals surface area contributed by atoms with Crippen molar-refractivity contribution in [3.8, 4) is 11.1 Å². The van der Waals surface area contributed by atoms with Gasteiger partial charge in [0.25, 0.3) is 0 Å². The molecule has 6 nitrogen and oxygen atoms in total. The zero-order chi connectivity index (χ0) is 17.5. The molecule has 5 rings (SSSR count). The van der Waals surface area contributed by atoms with E-state index >= 15 is 0 Å². The SMILES string of the molecule is Nc1ncc(-c2ccc3ncnc(N4CCc5ccccc54)c3c2)cn1. The van der Waals surface area contributed by atoms with Crippen LogP contribution in [0.4, 0.5) is 17.5 Å². The van der Waals surface area contributed by atoms with E-state index in [0.717, 1.165) is 40.8 Å². The van der Waals surface area contributed by atoms with Crippen LogP contribution < -0.4 is 10.6 Å². The molecule has 0 radical (unpaired) electrons. The summed E-state index contributed by atoms with van der Waals surface area (Å²) in [6, 6.07) is 14.6. The van der Waals surface area contributed by atoms with Gasteiger partial charge in [-0.2, -0.15) is 0 Å². The van der Waals surface area contributed by atoms with Crippen LogP contribution in [0.2, 0.25) is 0 Å². The van der Waals surface area contributed by atoms with Gasteiger partial charge in [-0.3, -0.25) is 0 Å². The maximum atomic E-state index is 5.60. The van der Waals surface area contributed by atoms with Crippen molar-refractivity contribution in [2.75, 3.05) is 17.2 Å². The molecule has 26 heavy (non-hydrogen) atoms. The van der Waals surface area contributed by atoms with Crippen LogP contribution >= 0.6 is 0 Å². The smallest absolute Gasteiger partial charge is 0.219 e. The minimum Gasteiger partial charge on any atom is -0.368 e. The predicted molar refractivity (Wildman–Crippen MR) is 102 cm³/mol. The molecule has 1 aliphatic rings. The maximum Gasteiger partial charge on any atom is 0.219 e. The molecule has 0 unspecified atom stereocenters. The van der Waals surface area contributed by atoms with Crippen LogP contribution in [0.25, 0.3) is 22.0 Å². The average molecular weight is 340 g/mol. The molecule has 0 spiro atoms. The van der Waals surface area contributed by atoms with Crippen LogP contribution in [0.1, 0.15) is 5.56 Å². The van der Waals surface area contributed by atoms with Crippen LogP contribution in [-0.2, 0) is 6.42 Å². The van der Waals surface area contributed by atoms with Gasteiger partial charge in [-0.15, -0.1) is 0 Å². The van der Waals surface area contributed by atoms with E-state index in [4.69, 9.17) is 5.73 Å². The number of fused-ring (bicyclic) bond motifs is 2. The molecule has 0 saturated carbocycles. The lowest BCUT2D eigenvalue weighted by Gasteiger charge is -2.20. The maximum absolute atomic E-state index is 5.60. The molecule has 4 aromatic rings. The van der Waals surface area contributed by atoms with Gasteiger partial charge in [0.2, 0.25) is 5.95 Å². The lowest BCUT2D eigenvalue weighted by atomic mass is 10.1. The Morgan fingerprint density at radius 1 is 0.885 bits per heavy atom. The van der Waals surface area contributed by atoms with Crippen LogP contribution in [0.5, 0.6) is 0 Å². The minimum absolute atomic E-state index is 0.271. The van der Waals surface area contributed by atoms with Crippen molar-refractivity contribution in [2.24, 2.45) is 0 Å². The zero-order valence-corrected chi connectivity index (χ0v) is 14.0.